The molecule has 0 spiro atoms. The second kappa shape index (κ2) is 9.42. The van der Waals surface area contributed by atoms with E-state index in [4.69, 9.17) is 4.74 Å². The van der Waals surface area contributed by atoms with Crippen LogP contribution in [0.1, 0.15) is 30.0 Å². The number of methoxy groups -OCH3 is 1. The molecule has 0 radical (unpaired) electrons. The summed E-state index contributed by atoms with van der Waals surface area (Å²) in [5, 5.41) is 0. The van der Waals surface area contributed by atoms with Crippen LogP contribution in [0.25, 0.3) is 0 Å². The molecular weight excluding hydrogens is 362 g/mol. The number of likely N-dealkylation sites (tertiary alicyclic amines) is 1. The molecule has 2 fully saturated rings. The van der Waals surface area contributed by atoms with E-state index < -0.39 is 0 Å². The molecule has 0 aromatic heterocycles. The molecular formula is C24H31N3O2. The summed E-state index contributed by atoms with van der Waals surface area (Å²) in [5.41, 5.74) is 2.59. The molecule has 154 valence electrons. The van der Waals surface area contributed by atoms with Crippen LogP contribution in [0.4, 0.5) is 0 Å². The number of ether oxygens (including phenoxy) is 1. The Labute approximate surface area is 173 Å². The molecule has 0 bridgehead atoms. The van der Waals surface area contributed by atoms with Crippen LogP contribution in [0.3, 0.4) is 0 Å². The highest BCUT2D eigenvalue weighted by Crippen LogP contribution is 2.33. The second-order valence-corrected chi connectivity index (χ2v) is 8.05. The Balaban J connectivity index is 1.30. The highest BCUT2D eigenvalue weighted by Gasteiger charge is 2.30. The predicted molar refractivity (Wildman–Crippen MR) is 115 cm³/mol. The van der Waals surface area contributed by atoms with Gasteiger partial charge in [0, 0.05) is 38.8 Å². The van der Waals surface area contributed by atoms with E-state index in [1.807, 2.05) is 17.0 Å². The zero-order valence-electron chi connectivity index (χ0n) is 17.3. The monoisotopic (exact) mass is 393 g/mol. The Morgan fingerprint density at radius 1 is 1.00 bits per heavy atom. The minimum atomic E-state index is 0.263. The van der Waals surface area contributed by atoms with Crippen molar-refractivity contribution in [3.8, 4) is 5.75 Å². The average Bonchev–Trinajstić information content (AvgIpc) is 3.23. The van der Waals surface area contributed by atoms with Gasteiger partial charge in [-0.2, -0.15) is 0 Å². The van der Waals surface area contributed by atoms with E-state index in [9.17, 15) is 4.79 Å². The summed E-state index contributed by atoms with van der Waals surface area (Å²) < 4.78 is 5.38. The van der Waals surface area contributed by atoms with Gasteiger partial charge in [-0.15, -0.1) is 0 Å². The molecule has 2 heterocycles. The SMILES string of the molecule is COc1cccc(C2CCCN2CC(=O)N2CCN(Cc3ccccc3)CC2)c1. The van der Waals surface area contributed by atoms with Gasteiger partial charge in [0.15, 0.2) is 0 Å². The first kappa shape index (κ1) is 19.9. The number of hydrogen-bond acceptors (Lipinski definition) is 4. The van der Waals surface area contributed by atoms with Crippen molar-refractivity contribution in [2.24, 2.45) is 0 Å². The number of benzene rings is 2. The number of amides is 1. The van der Waals surface area contributed by atoms with E-state index in [2.05, 4.69) is 52.3 Å². The largest absolute Gasteiger partial charge is 0.497 e. The van der Waals surface area contributed by atoms with Gasteiger partial charge in [-0.3, -0.25) is 14.6 Å². The van der Waals surface area contributed by atoms with E-state index in [1.54, 1.807) is 7.11 Å². The fourth-order valence-electron chi connectivity index (χ4n) is 4.51. The molecule has 0 aliphatic carbocycles. The third kappa shape index (κ3) is 4.98. The van der Waals surface area contributed by atoms with Crippen molar-refractivity contribution in [3.63, 3.8) is 0 Å². The Bertz CT molecular complexity index is 803. The van der Waals surface area contributed by atoms with E-state index >= 15 is 0 Å². The molecule has 2 aliphatic heterocycles. The van der Waals surface area contributed by atoms with Gasteiger partial charge in [0.05, 0.1) is 13.7 Å². The molecule has 0 N–H and O–H groups in total. The van der Waals surface area contributed by atoms with Crippen molar-refractivity contribution in [3.05, 3.63) is 65.7 Å². The summed E-state index contributed by atoms with van der Waals surface area (Å²) in [5.74, 6) is 1.15. The first-order valence-corrected chi connectivity index (χ1v) is 10.6. The molecule has 29 heavy (non-hydrogen) atoms. The number of piperazine rings is 1. The Morgan fingerprint density at radius 2 is 1.79 bits per heavy atom. The maximum absolute atomic E-state index is 13.0. The van der Waals surface area contributed by atoms with Crippen LogP contribution in [-0.4, -0.2) is 67.0 Å². The average molecular weight is 394 g/mol. The van der Waals surface area contributed by atoms with Gasteiger partial charge in [-0.05, 0) is 42.6 Å². The fourth-order valence-corrected chi connectivity index (χ4v) is 4.51. The molecule has 1 amide bonds. The lowest BCUT2D eigenvalue weighted by molar-refractivity contribution is -0.134. The highest BCUT2D eigenvalue weighted by molar-refractivity contribution is 5.78. The second-order valence-electron chi connectivity index (χ2n) is 8.05. The molecule has 1 atom stereocenters. The van der Waals surface area contributed by atoms with Gasteiger partial charge in [-0.25, -0.2) is 0 Å². The number of carbonyl (C=O) groups is 1. The summed E-state index contributed by atoms with van der Waals surface area (Å²) in [6.07, 6.45) is 2.24. The van der Waals surface area contributed by atoms with Crippen LogP contribution in [0.15, 0.2) is 54.6 Å². The van der Waals surface area contributed by atoms with Crippen LogP contribution < -0.4 is 4.74 Å². The van der Waals surface area contributed by atoms with Crippen LogP contribution in [0.2, 0.25) is 0 Å². The predicted octanol–water partition coefficient (Wildman–Crippen LogP) is 3.18. The molecule has 5 nitrogen and oxygen atoms in total. The zero-order valence-corrected chi connectivity index (χ0v) is 17.3. The number of rotatable bonds is 6. The molecule has 2 aromatic carbocycles. The molecule has 2 aliphatic rings. The minimum Gasteiger partial charge on any atom is -0.497 e. The lowest BCUT2D eigenvalue weighted by Gasteiger charge is -2.36. The van der Waals surface area contributed by atoms with Gasteiger partial charge < -0.3 is 9.64 Å². The van der Waals surface area contributed by atoms with Crippen LogP contribution in [-0.2, 0) is 11.3 Å². The van der Waals surface area contributed by atoms with E-state index in [-0.39, 0.29) is 5.91 Å². The van der Waals surface area contributed by atoms with Crippen molar-refractivity contribution < 1.29 is 9.53 Å². The summed E-state index contributed by atoms with van der Waals surface area (Å²) in [4.78, 5) is 19.8. The van der Waals surface area contributed by atoms with E-state index in [1.165, 1.54) is 11.1 Å². The smallest absolute Gasteiger partial charge is 0.236 e. The maximum atomic E-state index is 13.0. The first-order valence-electron chi connectivity index (χ1n) is 10.6. The zero-order chi connectivity index (χ0) is 20.1. The summed E-state index contributed by atoms with van der Waals surface area (Å²) in [6, 6.07) is 19.2. The van der Waals surface area contributed by atoms with Crippen molar-refractivity contribution in [2.75, 3.05) is 46.4 Å². The molecule has 1 unspecified atom stereocenters. The van der Waals surface area contributed by atoms with Crippen molar-refractivity contribution in [1.82, 2.24) is 14.7 Å². The van der Waals surface area contributed by atoms with Crippen LogP contribution in [0.5, 0.6) is 5.75 Å². The Morgan fingerprint density at radius 3 is 2.55 bits per heavy atom. The minimum absolute atomic E-state index is 0.263. The van der Waals surface area contributed by atoms with Gasteiger partial charge in [0.25, 0.3) is 0 Å². The van der Waals surface area contributed by atoms with Crippen LogP contribution in [0, 0.1) is 0 Å². The van der Waals surface area contributed by atoms with Gasteiger partial charge >= 0.3 is 0 Å². The highest BCUT2D eigenvalue weighted by atomic mass is 16.5. The molecule has 4 rings (SSSR count). The van der Waals surface area contributed by atoms with Crippen molar-refractivity contribution in [2.45, 2.75) is 25.4 Å². The third-order valence-electron chi connectivity index (χ3n) is 6.15. The standard InChI is InChI=1S/C24H31N3O2/c1-29-22-10-5-9-21(17-22)23-11-6-12-27(23)19-24(28)26-15-13-25(14-16-26)18-20-7-3-2-4-8-20/h2-5,7-10,17,23H,6,11-16,18-19H2,1H3. The quantitative estimate of drug-likeness (QED) is 0.755. The summed E-state index contributed by atoms with van der Waals surface area (Å²) >= 11 is 0. The van der Waals surface area contributed by atoms with E-state index in [0.29, 0.717) is 12.6 Å². The van der Waals surface area contributed by atoms with Crippen LogP contribution >= 0.6 is 0 Å². The molecule has 2 saturated heterocycles. The molecule has 5 heteroatoms. The maximum Gasteiger partial charge on any atom is 0.236 e. The summed E-state index contributed by atoms with van der Waals surface area (Å²) in [6.45, 7) is 6.00. The number of nitrogens with zero attached hydrogens (tertiary/aromatic N) is 3. The Hall–Kier alpha value is -2.37. The van der Waals surface area contributed by atoms with Gasteiger partial charge in [0.2, 0.25) is 5.91 Å². The molecule has 0 saturated carbocycles. The van der Waals surface area contributed by atoms with Gasteiger partial charge in [0.1, 0.15) is 5.75 Å². The third-order valence-corrected chi connectivity index (χ3v) is 6.15. The normalized spacial score (nSPS) is 20.7. The summed E-state index contributed by atoms with van der Waals surface area (Å²) in [7, 11) is 1.70. The number of carbonyl (C=O) groups excluding carboxylic acids is 1. The fraction of sp³-hybridized carbons (Fsp3) is 0.458. The number of hydrogen-bond donors (Lipinski definition) is 0. The van der Waals surface area contributed by atoms with Crippen molar-refractivity contribution in [1.29, 1.82) is 0 Å². The lowest BCUT2D eigenvalue weighted by Crippen LogP contribution is -2.50. The van der Waals surface area contributed by atoms with Gasteiger partial charge in [-0.1, -0.05) is 42.5 Å². The lowest BCUT2D eigenvalue weighted by atomic mass is 10.0. The molecule has 2 aromatic rings. The first-order chi connectivity index (χ1) is 14.2. The van der Waals surface area contributed by atoms with Crippen molar-refractivity contribution >= 4 is 5.91 Å². The Kier molecular flexibility index (Phi) is 6.47. The topological polar surface area (TPSA) is 36.0 Å². The van der Waals surface area contributed by atoms with E-state index in [0.717, 1.165) is 57.9 Å².